The predicted octanol–water partition coefficient (Wildman–Crippen LogP) is 1.82. The fraction of sp³-hybridized carbons (Fsp3) is 1.00. The zero-order valence-corrected chi connectivity index (χ0v) is 11.4. The van der Waals surface area contributed by atoms with Crippen molar-refractivity contribution in [2.45, 2.75) is 0 Å². The fourth-order valence-corrected chi connectivity index (χ4v) is 1.97. The lowest BCUT2D eigenvalue weighted by atomic mass is 10.8. The minimum Gasteiger partial charge on any atom is -0.290 e. The molecule has 0 bridgehead atoms. The Kier molecular flexibility index (Phi) is 7.63. The maximum atomic E-state index is 11.4. The zero-order chi connectivity index (χ0) is 12.7. The van der Waals surface area contributed by atoms with E-state index in [0.717, 1.165) is 0 Å². The van der Waals surface area contributed by atoms with Crippen LogP contribution in [-0.2, 0) is 36.3 Å². The van der Waals surface area contributed by atoms with Gasteiger partial charge in [-0.25, -0.2) is 9.13 Å². The van der Waals surface area contributed by atoms with Crippen LogP contribution in [0.15, 0.2) is 0 Å². The molecule has 0 amide bonds. The lowest BCUT2D eigenvalue weighted by Gasteiger charge is -2.15. The molecule has 10 heteroatoms. The molecule has 98 valence electrons. The van der Waals surface area contributed by atoms with Crippen molar-refractivity contribution in [3.63, 3.8) is 0 Å². The summed E-state index contributed by atoms with van der Waals surface area (Å²) in [7, 11) is -2.34. The Labute approximate surface area is 94.3 Å². The Hall–Kier alpha value is 0.220. The molecular weight excluding hydrogens is 262 g/mol. The summed E-state index contributed by atoms with van der Waals surface area (Å²) < 4.78 is 50.2. The molecule has 0 aromatic rings. The van der Waals surface area contributed by atoms with Crippen molar-refractivity contribution < 1.29 is 36.3 Å². The van der Waals surface area contributed by atoms with Gasteiger partial charge in [-0.2, -0.15) is 0 Å². The minimum absolute atomic E-state index is 0.143. The molecule has 8 nitrogen and oxygen atoms in total. The fourth-order valence-electron chi connectivity index (χ4n) is 0.658. The second kappa shape index (κ2) is 7.53. The van der Waals surface area contributed by atoms with E-state index in [2.05, 4.69) is 18.1 Å². The van der Waals surface area contributed by atoms with Crippen molar-refractivity contribution >= 4 is 15.6 Å². The molecule has 0 aliphatic carbocycles. The largest absolute Gasteiger partial charge is 0.474 e. The number of hydrogen-bond acceptors (Lipinski definition) is 8. The summed E-state index contributed by atoms with van der Waals surface area (Å²) in [5.74, 6) is 0. The second-order valence-electron chi connectivity index (χ2n) is 2.29. The molecule has 0 rings (SSSR count). The Balaban J connectivity index is 3.92. The first-order chi connectivity index (χ1) is 7.45. The van der Waals surface area contributed by atoms with Gasteiger partial charge < -0.3 is 0 Å². The van der Waals surface area contributed by atoms with Gasteiger partial charge in [0.05, 0.1) is 13.2 Å². The molecular formula is C6H16O8P2. The average molecular weight is 278 g/mol. The van der Waals surface area contributed by atoms with E-state index in [9.17, 15) is 9.13 Å². The molecule has 0 fully saturated rings. The highest BCUT2D eigenvalue weighted by Gasteiger charge is 2.25. The van der Waals surface area contributed by atoms with Gasteiger partial charge in [-0.1, -0.05) is 0 Å². The first kappa shape index (κ1) is 16.2. The van der Waals surface area contributed by atoms with Crippen molar-refractivity contribution in [2.75, 3.05) is 41.7 Å². The summed E-state index contributed by atoms with van der Waals surface area (Å²) in [6, 6.07) is 0. The maximum absolute atomic E-state index is 11.4. The van der Waals surface area contributed by atoms with E-state index in [-0.39, 0.29) is 13.2 Å². The standard InChI is InChI=1S/C6H16O8P2/c1-9-15(7,10-2)13-5-6-14-16(8,11-3)12-4/h5-6H2,1-4H3. The van der Waals surface area contributed by atoms with Crippen molar-refractivity contribution in [3.05, 3.63) is 0 Å². The van der Waals surface area contributed by atoms with Crippen molar-refractivity contribution in [1.29, 1.82) is 0 Å². The average Bonchev–Trinajstić information content (AvgIpc) is 2.34. The van der Waals surface area contributed by atoms with Gasteiger partial charge in [-0.15, -0.1) is 0 Å². The summed E-state index contributed by atoms with van der Waals surface area (Å²) in [6.45, 7) is -0.286. The van der Waals surface area contributed by atoms with Crippen LogP contribution in [0.5, 0.6) is 0 Å². The first-order valence-corrected chi connectivity index (χ1v) is 7.09. The smallest absolute Gasteiger partial charge is 0.290 e. The van der Waals surface area contributed by atoms with Gasteiger partial charge in [-0.05, 0) is 0 Å². The van der Waals surface area contributed by atoms with Gasteiger partial charge in [0.2, 0.25) is 0 Å². The topological polar surface area (TPSA) is 89.5 Å². The maximum Gasteiger partial charge on any atom is 0.474 e. The molecule has 0 heterocycles. The zero-order valence-electron chi connectivity index (χ0n) is 9.57. The highest BCUT2D eigenvalue weighted by molar-refractivity contribution is 7.48. The number of phosphoric ester groups is 2. The van der Waals surface area contributed by atoms with Crippen molar-refractivity contribution in [3.8, 4) is 0 Å². The van der Waals surface area contributed by atoms with Crippen LogP contribution < -0.4 is 0 Å². The van der Waals surface area contributed by atoms with Gasteiger partial charge in [0.15, 0.2) is 0 Å². The van der Waals surface area contributed by atoms with Crippen LogP contribution in [0.4, 0.5) is 0 Å². The first-order valence-electron chi connectivity index (χ1n) is 4.17. The van der Waals surface area contributed by atoms with Crippen LogP contribution in [0, 0.1) is 0 Å². The third-order valence-electron chi connectivity index (χ3n) is 1.48. The van der Waals surface area contributed by atoms with E-state index < -0.39 is 15.6 Å². The lowest BCUT2D eigenvalue weighted by Crippen LogP contribution is -2.05. The summed E-state index contributed by atoms with van der Waals surface area (Å²) in [6.07, 6.45) is 0. The Morgan fingerprint density at radius 2 is 0.938 bits per heavy atom. The molecule has 0 aromatic carbocycles. The van der Waals surface area contributed by atoms with Crippen molar-refractivity contribution in [1.82, 2.24) is 0 Å². The Morgan fingerprint density at radius 3 is 1.12 bits per heavy atom. The van der Waals surface area contributed by atoms with E-state index in [4.69, 9.17) is 9.05 Å². The summed E-state index contributed by atoms with van der Waals surface area (Å²) >= 11 is 0. The molecule has 0 spiro atoms. The number of phosphoric acid groups is 2. The third-order valence-corrected chi connectivity index (χ3v) is 4.26. The van der Waals surface area contributed by atoms with Gasteiger partial charge in [-0.3, -0.25) is 27.1 Å². The normalized spacial score (nSPS) is 13.0. The SMILES string of the molecule is COP(=O)(OC)OCCOP(=O)(OC)OC. The molecule has 0 saturated heterocycles. The van der Waals surface area contributed by atoms with Crippen LogP contribution in [0.25, 0.3) is 0 Å². The summed E-state index contributed by atoms with van der Waals surface area (Å²) in [5, 5.41) is 0. The molecule has 0 aliphatic rings. The quantitative estimate of drug-likeness (QED) is 0.466. The van der Waals surface area contributed by atoms with Gasteiger partial charge in [0.25, 0.3) is 0 Å². The summed E-state index contributed by atoms with van der Waals surface area (Å²) in [5.41, 5.74) is 0. The molecule has 0 radical (unpaired) electrons. The molecule has 0 atom stereocenters. The lowest BCUT2D eigenvalue weighted by molar-refractivity contribution is 0.103. The van der Waals surface area contributed by atoms with Gasteiger partial charge >= 0.3 is 15.6 Å². The molecule has 0 unspecified atom stereocenters. The van der Waals surface area contributed by atoms with Crippen molar-refractivity contribution in [2.24, 2.45) is 0 Å². The summed E-state index contributed by atoms with van der Waals surface area (Å²) in [4.78, 5) is 0. The van der Waals surface area contributed by atoms with Crippen LogP contribution in [0.1, 0.15) is 0 Å². The highest BCUT2D eigenvalue weighted by atomic mass is 31.2. The number of rotatable bonds is 9. The Bertz CT molecular complexity index is 236. The van der Waals surface area contributed by atoms with Crippen LogP contribution >= 0.6 is 15.6 Å². The molecule has 0 N–H and O–H groups in total. The van der Waals surface area contributed by atoms with E-state index in [1.54, 1.807) is 0 Å². The second-order valence-corrected chi connectivity index (χ2v) is 6.06. The van der Waals surface area contributed by atoms with Crippen LogP contribution in [0.2, 0.25) is 0 Å². The molecule has 0 saturated carbocycles. The highest BCUT2D eigenvalue weighted by Crippen LogP contribution is 2.49. The molecule has 0 aromatic heterocycles. The van der Waals surface area contributed by atoms with Crippen LogP contribution in [0.3, 0.4) is 0 Å². The number of hydrogen-bond donors (Lipinski definition) is 0. The predicted molar refractivity (Wildman–Crippen MR) is 55.2 cm³/mol. The van der Waals surface area contributed by atoms with Gasteiger partial charge in [0, 0.05) is 28.4 Å². The third kappa shape index (κ3) is 5.52. The molecule has 0 aliphatic heterocycles. The van der Waals surface area contributed by atoms with E-state index in [1.807, 2.05) is 0 Å². The van der Waals surface area contributed by atoms with E-state index in [1.165, 1.54) is 28.4 Å². The van der Waals surface area contributed by atoms with Gasteiger partial charge in [0.1, 0.15) is 0 Å². The Morgan fingerprint density at radius 1 is 0.688 bits per heavy atom. The minimum atomic E-state index is -3.53. The van der Waals surface area contributed by atoms with Crippen LogP contribution in [-0.4, -0.2) is 41.7 Å². The van der Waals surface area contributed by atoms with E-state index >= 15 is 0 Å². The molecule has 16 heavy (non-hydrogen) atoms. The monoisotopic (exact) mass is 278 g/mol. The van der Waals surface area contributed by atoms with E-state index in [0.29, 0.717) is 0 Å².